The number of sulfonamides is 1. The first-order valence-corrected chi connectivity index (χ1v) is 12.3. The fourth-order valence-corrected chi connectivity index (χ4v) is 6.75. The van der Waals surface area contributed by atoms with Crippen LogP contribution in [0, 0.1) is 0 Å². The minimum atomic E-state index is -3.75. The number of rotatable bonds is 6. The Bertz CT molecular complexity index is 967. The van der Waals surface area contributed by atoms with Crippen molar-refractivity contribution in [3.63, 3.8) is 0 Å². The second-order valence-corrected chi connectivity index (χ2v) is 11.1. The second kappa shape index (κ2) is 7.73. The molecule has 1 aliphatic heterocycles. The maximum absolute atomic E-state index is 13.0. The minimum Gasteiger partial charge on any atom is -0.351 e. The fourth-order valence-electron chi connectivity index (χ4n) is 3.48. The van der Waals surface area contributed by atoms with Crippen LogP contribution in [-0.4, -0.2) is 57.7 Å². The van der Waals surface area contributed by atoms with E-state index in [1.54, 1.807) is 13.0 Å². The van der Waals surface area contributed by atoms with Crippen LogP contribution in [-0.2, 0) is 31.1 Å². The molecular weight excluding hydrogens is 388 g/mol. The number of amides is 1. The highest BCUT2D eigenvalue weighted by atomic mass is 32.2. The normalized spacial score (nSPS) is 21.6. The summed E-state index contributed by atoms with van der Waals surface area (Å²) < 4.78 is 50.1. The van der Waals surface area contributed by atoms with Gasteiger partial charge in [0, 0.05) is 12.6 Å². The van der Waals surface area contributed by atoms with Gasteiger partial charge in [0.2, 0.25) is 15.9 Å². The molecule has 0 spiro atoms. The van der Waals surface area contributed by atoms with Crippen molar-refractivity contribution in [2.24, 2.45) is 0 Å². The van der Waals surface area contributed by atoms with E-state index in [-0.39, 0.29) is 24.6 Å². The van der Waals surface area contributed by atoms with Crippen LogP contribution in [0.4, 0.5) is 0 Å². The number of allylic oxidation sites excluding steroid dienone is 1. The Hall–Kier alpha value is -1.71. The smallest absolute Gasteiger partial charge is 0.239 e. The quantitative estimate of drug-likeness (QED) is 0.749. The first-order valence-electron chi connectivity index (χ1n) is 8.99. The number of hydrogen-bond donors (Lipinski definition) is 1. The SMILES string of the molecule is CCN(CC(=O)N[C@H]1CCS(=O)(=O)C1)S(=O)(=O)C1=Cc2ccccc2CC1. The number of sulfone groups is 1. The number of nitrogens with one attached hydrogen (secondary N) is 1. The van der Waals surface area contributed by atoms with E-state index in [9.17, 15) is 21.6 Å². The van der Waals surface area contributed by atoms with Crippen molar-refractivity contribution in [3.05, 3.63) is 40.3 Å². The predicted octanol–water partition coefficient (Wildman–Crippen LogP) is 0.929. The van der Waals surface area contributed by atoms with Crippen molar-refractivity contribution in [1.82, 2.24) is 9.62 Å². The fraction of sp³-hybridized carbons (Fsp3) is 0.500. The number of fused-ring (bicyclic) bond motifs is 1. The van der Waals surface area contributed by atoms with E-state index in [1.807, 2.05) is 24.3 Å². The lowest BCUT2D eigenvalue weighted by molar-refractivity contribution is -0.121. The summed E-state index contributed by atoms with van der Waals surface area (Å²) in [6.07, 6.45) is 3.09. The maximum Gasteiger partial charge on any atom is 0.239 e. The average molecular weight is 413 g/mol. The second-order valence-electron chi connectivity index (χ2n) is 6.91. The van der Waals surface area contributed by atoms with E-state index in [2.05, 4.69) is 5.32 Å². The Morgan fingerprint density at radius 1 is 1.26 bits per heavy atom. The lowest BCUT2D eigenvalue weighted by Crippen LogP contribution is -2.44. The highest BCUT2D eigenvalue weighted by Crippen LogP contribution is 2.28. The van der Waals surface area contributed by atoms with Gasteiger partial charge in [-0.25, -0.2) is 16.8 Å². The van der Waals surface area contributed by atoms with Gasteiger partial charge < -0.3 is 5.32 Å². The van der Waals surface area contributed by atoms with Crippen molar-refractivity contribution in [3.8, 4) is 0 Å². The number of aryl methyl sites for hydroxylation is 1. The van der Waals surface area contributed by atoms with Crippen LogP contribution in [0.3, 0.4) is 0 Å². The van der Waals surface area contributed by atoms with Crippen molar-refractivity contribution in [1.29, 1.82) is 0 Å². The molecule has 7 nitrogen and oxygen atoms in total. The van der Waals surface area contributed by atoms with Gasteiger partial charge in [-0.2, -0.15) is 4.31 Å². The van der Waals surface area contributed by atoms with Gasteiger partial charge in [0.1, 0.15) is 0 Å². The molecule has 0 aromatic heterocycles. The number of carbonyl (C=O) groups excluding carboxylic acids is 1. The minimum absolute atomic E-state index is 0.0556. The average Bonchev–Trinajstić information content (AvgIpc) is 2.97. The number of likely N-dealkylation sites (N-methyl/N-ethyl adjacent to an activating group) is 1. The molecule has 2 aliphatic rings. The zero-order valence-electron chi connectivity index (χ0n) is 15.2. The van der Waals surface area contributed by atoms with Crippen LogP contribution < -0.4 is 5.32 Å². The van der Waals surface area contributed by atoms with Crippen LogP contribution in [0.1, 0.15) is 30.9 Å². The van der Waals surface area contributed by atoms with E-state index in [0.29, 0.717) is 24.2 Å². The molecule has 1 saturated heterocycles. The summed E-state index contributed by atoms with van der Waals surface area (Å²) in [6.45, 7) is 1.54. The standard InChI is InChI=1S/C18H24N2O5S2/c1-2-20(12-18(21)19-16-9-10-26(22,23)13-16)27(24,25)17-8-7-14-5-3-4-6-15(14)11-17/h3-6,11,16H,2,7-10,12-13H2,1H3,(H,19,21)/t16-/m0/s1. The Labute approximate surface area is 160 Å². The van der Waals surface area contributed by atoms with Crippen molar-refractivity contribution in [2.75, 3.05) is 24.6 Å². The molecule has 0 unspecified atom stereocenters. The molecule has 1 fully saturated rings. The topological polar surface area (TPSA) is 101 Å². The van der Waals surface area contributed by atoms with Gasteiger partial charge in [-0.15, -0.1) is 0 Å². The lowest BCUT2D eigenvalue weighted by atomic mass is 9.98. The zero-order valence-corrected chi connectivity index (χ0v) is 16.9. The molecule has 0 radical (unpaired) electrons. The van der Waals surface area contributed by atoms with E-state index in [0.717, 1.165) is 15.4 Å². The molecule has 148 valence electrons. The Morgan fingerprint density at radius 2 is 2.00 bits per heavy atom. The molecule has 1 heterocycles. The molecule has 1 atom stereocenters. The molecule has 1 N–H and O–H groups in total. The van der Waals surface area contributed by atoms with Crippen molar-refractivity contribution >= 4 is 31.8 Å². The Morgan fingerprint density at radius 3 is 2.67 bits per heavy atom. The molecule has 0 saturated carbocycles. The number of carbonyl (C=O) groups is 1. The maximum atomic E-state index is 13.0. The molecule has 1 aromatic carbocycles. The number of hydrogen-bond acceptors (Lipinski definition) is 5. The highest BCUT2D eigenvalue weighted by molar-refractivity contribution is 7.93. The molecule has 3 rings (SSSR count). The zero-order chi connectivity index (χ0) is 19.7. The van der Waals surface area contributed by atoms with Crippen LogP contribution in [0.2, 0.25) is 0 Å². The van der Waals surface area contributed by atoms with Crippen LogP contribution in [0.15, 0.2) is 29.2 Å². The third-order valence-electron chi connectivity index (χ3n) is 4.95. The van der Waals surface area contributed by atoms with Gasteiger partial charge in [0.15, 0.2) is 9.84 Å². The van der Waals surface area contributed by atoms with Crippen LogP contribution >= 0.6 is 0 Å². The van der Waals surface area contributed by atoms with Gasteiger partial charge in [-0.1, -0.05) is 31.2 Å². The predicted molar refractivity (Wildman–Crippen MR) is 104 cm³/mol. The molecular formula is C18H24N2O5S2. The first kappa shape index (κ1) is 20.0. The van der Waals surface area contributed by atoms with Crippen molar-refractivity contribution < 1.29 is 21.6 Å². The van der Waals surface area contributed by atoms with Gasteiger partial charge in [0.25, 0.3) is 0 Å². The molecule has 1 amide bonds. The summed E-state index contributed by atoms with van der Waals surface area (Å²) in [4.78, 5) is 12.6. The largest absolute Gasteiger partial charge is 0.351 e. The molecule has 1 aliphatic carbocycles. The van der Waals surface area contributed by atoms with E-state index < -0.39 is 31.8 Å². The first-order chi connectivity index (χ1) is 12.7. The molecule has 0 bridgehead atoms. The van der Waals surface area contributed by atoms with Crippen molar-refractivity contribution in [2.45, 2.75) is 32.2 Å². The number of nitrogens with zero attached hydrogens (tertiary/aromatic N) is 1. The van der Waals surface area contributed by atoms with Gasteiger partial charge >= 0.3 is 0 Å². The molecule has 9 heteroatoms. The summed E-state index contributed by atoms with van der Waals surface area (Å²) in [7, 11) is -6.86. The summed E-state index contributed by atoms with van der Waals surface area (Å²) in [5.74, 6) is -0.501. The van der Waals surface area contributed by atoms with Gasteiger partial charge in [-0.3, -0.25) is 4.79 Å². The van der Waals surface area contributed by atoms with Gasteiger partial charge in [-0.05, 0) is 36.5 Å². The van der Waals surface area contributed by atoms with E-state index in [4.69, 9.17) is 0 Å². The molecule has 27 heavy (non-hydrogen) atoms. The third-order valence-corrected chi connectivity index (χ3v) is 8.77. The third kappa shape index (κ3) is 4.59. The number of benzene rings is 1. The Kier molecular flexibility index (Phi) is 5.73. The molecule has 1 aromatic rings. The van der Waals surface area contributed by atoms with E-state index >= 15 is 0 Å². The summed E-state index contributed by atoms with van der Waals surface area (Å²) in [5.41, 5.74) is 2.00. The summed E-state index contributed by atoms with van der Waals surface area (Å²) in [6, 6.07) is 7.22. The summed E-state index contributed by atoms with van der Waals surface area (Å²) >= 11 is 0. The highest BCUT2D eigenvalue weighted by Gasteiger charge is 2.32. The van der Waals surface area contributed by atoms with Crippen LogP contribution in [0.25, 0.3) is 6.08 Å². The summed E-state index contributed by atoms with van der Waals surface area (Å²) in [5, 5.41) is 2.65. The van der Waals surface area contributed by atoms with E-state index in [1.165, 1.54) is 0 Å². The monoisotopic (exact) mass is 412 g/mol. The lowest BCUT2D eigenvalue weighted by Gasteiger charge is -2.24. The van der Waals surface area contributed by atoms with Gasteiger partial charge in [0.05, 0.1) is 23.0 Å². The van der Waals surface area contributed by atoms with Crippen LogP contribution in [0.5, 0.6) is 0 Å². The Balaban J connectivity index is 1.71.